The summed E-state index contributed by atoms with van der Waals surface area (Å²) >= 11 is 0. The average Bonchev–Trinajstić information content (AvgIpc) is 2.76. The van der Waals surface area contributed by atoms with Crippen molar-refractivity contribution in [2.24, 2.45) is 5.92 Å². The van der Waals surface area contributed by atoms with Crippen molar-refractivity contribution in [2.75, 3.05) is 38.7 Å². The number of rotatable bonds is 9. The third-order valence-corrected chi connectivity index (χ3v) is 6.64. The van der Waals surface area contributed by atoms with E-state index in [1.165, 1.54) is 16.4 Å². The number of sulfonamides is 1. The fourth-order valence-corrected chi connectivity index (χ4v) is 4.48. The number of carbonyl (C=O) groups is 1. The number of nitrogens with zero attached hydrogens (tertiary/aromatic N) is 1. The van der Waals surface area contributed by atoms with Crippen LogP contribution in [0.3, 0.4) is 0 Å². The number of amides is 1. The van der Waals surface area contributed by atoms with E-state index < -0.39 is 15.9 Å². The number of ether oxygens (including phenoxy) is 3. The van der Waals surface area contributed by atoms with Crippen LogP contribution in [-0.2, 0) is 14.8 Å². The highest BCUT2D eigenvalue weighted by Gasteiger charge is 2.28. The average molecular weight is 449 g/mol. The highest BCUT2D eigenvalue weighted by atomic mass is 32.2. The maximum Gasteiger partial charge on any atom is 0.243 e. The van der Waals surface area contributed by atoms with Crippen LogP contribution in [0.1, 0.15) is 20.3 Å². The Bertz CT molecular complexity index is 1010. The minimum absolute atomic E-state index is 0.0674. The summed E-state index contributed by atoms with van der Waals surface area (Å²) < 4.78 is 44.0. The minimum atomic E-state index is -3.91. The van der Waals surface area contributed by atoms with Crippen molar-refractivity contribution in [1.29, 1.82) is 0 Å². The summed E-state index contributed by atoms with van der Waals surface area (Å²) in [6.45, 7) is 4.72. The van der Waals surface area contributed by atoms with E-state index in [9.17, 15) is 13.2 Å². The van der Waals surface area contributed by atoms with Gasteiger partial charge in [-0.25, -0.2) is 8.42 Å². The lowest BCUT2D eigenvalue weighted by Gasteiger charge is -2.24. The zero-order valence-electron chi connectivity index (χ0n) is 18.0. The lowest BCUT2D eigenvalue weighted by Crippen LogP contribution is -2.39. The van der Waals surface area contributed by atoms with E-state index in [1.54, 1.807) is 37.4 Å². The first kappa shape index (κ1) is 22.9. The van der Waals surface area contributed by atoms with Gasteiger partial charge >= 0.3 is 0 Å². The second-order valence-electron chi connectivity index (χ2n) is 7.60. The molecule has 0 fully saturated rings. The van der Waals surface area contributed by atoms with Crippen molar-refractivity contribution in [3.05, 3.63) is 42.5 Å². The van der Waals surface area contributed by atoms with Gasteiger partial charge in [0.2, 0.25) is 15.9 Å². The molecule has 168 valence electrons. The monoisotopic (exact) mass is 448 g/mol. The van der Waals surface area contributed by atoms with Crippen LogP contribution < -0.4 is 19.5 Å². The third-order valence-electron chi connectivity index (χ3n) is 4.80. The molecule has 0 radical (unpaired) electrons. The highest BCUT2D eigenvalue weighted by Crippen LogP contribution is 2.33. The molecule has 0 unspecified atom stereocenters. The van der Waals surface area contributed by atoms with Gasteiger partial charge in [0.1, 0.15) is 19.0 Å². The van der Waals surface area contributed by atoms with E-state index >= 15 is 0 Å². The summed E-state index contributed by atoms with van der Waals surface area (Å²) in [5, 5.41) is 2.74. The fourth-order valence-electron chi connectivity index (χ4n) is 3.05. The van der Waals surface area contributed by atoms with Crippen molar-refractivity contribution in [3.8, 4) is 17.2 Å². The molecule has 1 heterocycles. The standard InChI is InChI=1S/C22H28N2O6S/c1-16(2)10-11-24(15-22(25)23-17-4-6-18(28-3)7-5-17)31(26,27)19-8-9-20-21(14-19)30-13-12-29-20/h4-9,14,16H,10-13,15H2,1-3H3,(H,23,25). The highest BCUT2D eigenvalue weighted by molar-refractivity contribution is 7.89. The minimum Gasteiger partial charge on any atom is -0.497 e. The van der Waals surface area contributed by atoms with Gasteiger partial charge in [0.05, 0.1) is 18.6 Å². The summed E-state index contributed by atoms with van der Waals surface area (Å²) in [6, 6.07) is 11.4. The maximum atomic E-state index is 13.3. The zero-order valence-corrected chi connectivity index (χ0v) is 18.8. The molecule has 1 aliphatic rings. The van der Waals surface area contributed by atoms with Crippen LogP contribution in [0.2, 0.25) is 0 Å². The summed E-state index contributed by atoms with van der Waals surface area (Å²) in [5.74, 6) is 1.42. The van der Waals surface area contributed by atoms with Crippen molar-refractivity contribution >= 4 is 21.6 Å². The molecule has 1 aliphatic heterocycles. The summed E-state index contributed by atoms with van der Waals surface area (Å²) in [6.07, 6.45) is 0.625. The van der Waals surface area contributed by atoms with Crippen LogP contribution in [0, 0.1) is 5.92 Å². The Balaban J connectivity index is 1.79. The van der Waals surface area contributed by atoms with Crippen LogP contribution in [0.15, 0.2) is 47.4 Å². The molecule has 31 heavy (non-hydrogen) atoms. The molecule has 8 nitrogen and oxygen atoms in total. The summed E-state index contributed by atoms with van der Waals surface area (Å²) in [4.78, 5) is 12.7. The van der Waals surface area contributed by atoms with Crippen molar-refractivity contribution in [2.45, 2.75) is 25.2 Å². The Labute approximate surface area is 183 Å². The number of nitrogens with one attached hydrogen (secondary N) is 1. The summed E-state index contributed by atoms with van der Waals surface area (Å²) in [5.41, 5.74) is 0.561. The molecule has 1 N–H and O–H groups in total. The SMILES string of the molecule is COc1ccc(NC(=O)CN(CCC(C)C)S(=O)(=O)c2ccc3c(c2)OCCO3)cc1. The predicted octanol–water partition coefficient (Wildman–Crippen LogP) is 3.14. The molecule has 2 aromatic rings. The van der Waals surface area contributed by atoms with Gasteiger partial charge in [-0.2, -0.15) is 4.31 Å². The number of hydrogen-bond acceptors (Lipinski definition) is 6. The number of carbonyl (C=O) groups excluding carboxylic acids is 1. The van der Waals surface area contributed by atoms with E-state index in [2.05, 4.69) is 5.32 Å². The van der Waals surface area contributed by atoms with E-state index in [1.807, 2.05) is 13.8 Å². The first-order chi connectivity index (χ1) is 14.8. The van der Waals surface area contributed by atoms with Gasteiger partial charge in [-0.3, -0.25) is 4.79 Å². The topological polar surface area (TPSA) is 94.2 Å². The molecule has 2 aromatic carbocycles. The number of fused-ring (bicyclic) bond motifs is 1. The maximum absolute atomic E-state index is 13.3. The van der Waals surface area contributed by atoms with Gasteiger partial charge in [0, 0.05) is 18.3 Å². The number of anilines is 1. The molecule has 0 atom stereocenters. The number of hydrogen-bond donors (Lipinski definition) is 1. The van der Waals surface area contributed by atoms with E-state index in [0.29, 0.717) is 42.6 Å². The molecule has 1 amide bonds. The molecule has 9 heteroatoms. The molecule has 0 saturated carbocycles. The normalized spacial score (nSPS) is 13.3. The van der Waals surface area contributed by atoms with Gasteiger partial charge < -0.3 is 19.5 Å². The molecule has 0 aliphatic carbocycles. The number of methoxy groups -OCH3 is 1. The quantitative estimate of drug-likeness (QED) is 0.633. The van der Waals surface area contributed by atoms with Gasteiger partial charge in [-0.05, 0) is 48.7 Å². The first-order valence-corrected chi connectivity index (χ1v) is 11.6. The van der Waals surface area contributed by atoms with E-state index in [0.717, 1.165) is 0 Å². The summed E-state index contributed by atoms with van der Waals surface area (Å²) in [7, 11) is -2.35. The predicted molar refractivity (Wildman–Crippen MR) is 117 cm³/mol. The molecular formula is C22H28N2O6S. The van der Waals surface area contributed by atoms with Gasteiger partial charge in [-0.1, -0.05) is 13.8 Å². The van der Waals surface area contributed by atoms with Crippen LogP contribution in [0.5, 0.6) is 17.2 Å². The Morgan fingerprint density at radius 3 is 2.42 bits per heavy atom. The van der Waals surface area contributed by atoms with E-state index in [-0.39, 0.29) is 23.9 Å². The van der Waals surface area contributed by atoms with Crippen molar-refractivity contribution < 1.29 is 27.4 Å². The van der Waals surface area contributed by atoms with Crippen molar-refractivity contribution in [3.63, 3.8) is 0 Å². The Hall–Kier alpha value is -2.78. The second-order valence-corrected chi connectivity index (χ2v) is 9.54. The lowest BCUT2D eigenvalue weighted by atomic mass is 10.1. The van der Waals surface area contributed by atoms with Crippen LogP contribution >= 0.6 is 0 Å². The van der Waals surface area contributed by atoms with E-state index in [4.69, 9.17) is 14.2 Å². The van der Waals surface area contributed by atoms with Crippen LogP contribution in [0.25, 0.3) is 0 Å². The molecule has 0 spiro atoms. The van der Waals surface area contributed by atoms with Crippen LogP contribution in [-0.4, -0.2) is 52.0 Å². The van der Waals surface area contributed by atoms with Gasteiger partial charge in [0.25, 0.3) is 0 Å². The number of benzene rings is 2. The second kappa shape index (κ2) is 10.0. The Morgan fingerprint density at radius 2 is 1.77 bits per heavy atom. The Morgan fingerprint density at radius 1 is 1.10 bits per heavy atom. The smallest absolute Gasteiger partial charge is 0.243 e. The molecule has 3 rings (SSSR count). The molecule has 0 saturated heterocycles. The lowest BCUT2D eigenvalue weighted by molar-refractivity contribution is -0.116. The van der Waals surface area contributed by atoms with Gasteiger partial charge in [0.15, 0.2) is 11.5 Å². The zero-order chi connectivity index (χ0) is 22.4. The largest absolute Gasteiger partial charge is 0.497 e. The third kappa shape index (κ3) is 5.89. The fraction of sp³-hybridized carbons (Fsp3) is 0.409. The van der Waals surface area contributed by atoms with Gasteiger partial charge in [-0.15, -0.1) is 0 Å². The molecular weight excluding hydrogens is 420 g/mol. The van der Waals surface area contributed by atoms with Crippen LogP contribution in [0.4, 0.5) is 5.69 Å². The molecule has 0 bridgehead atoms. The first-order valence-electron chi connectivity index (χ1n) is 10.1. The molecule has 0 aromatic heterocycles. The Kier molecular flexibility index (Phi) is 7.40. The van der Waals surface area contributed by atoms with Crippen molar-refractivity contribution in [1.82, 2.24) is 4.31 Å².